The van der Waals surface area contributed by atoms with Crippen molar-refractivity contribution in [3.8, 4) is 0 Å². The lowest BCUT2D eigenvalue weighted by Crippen LogP contribution is -2.47. The number of pyridine rings is 2. The molecule has 0 spiro atoms. The number of rotatable bonds is 4. The molecule has 8 nitrogen and oxygen atoms in total. The van der Waals surface area contributed by atoms with Gasteiger partial charge in [-0.3, -0.25) is 9.78 Å². The number of carboxylic acid groups (broad SMARTS) is 1. The van der Waals surface area contributed by atoms with Crippen LogP contribution in [-0.4, -0.2) is 59.3 Å². The van der Waals surface area contributed by atoms with E-state index in [0.717, 1.165) is 31.9 Å². The van der Waals surface area contributed by atoms with Crippen LogP contribution in [0.2, 0.25) is 5.02 Å². The molecule has 1 aliphatic rings. The van der Waals surface area contributed by atoms with Crippen LogP contribution in [0.15, 0.2) is 61.1 Å². The van der Waals surface area contributed by atoms with Crippen molar-refractivity contribution in [2.45, 2.75) is 6.18 Å². The number of alkyl halides is 3. The first-order valence-electron chi connectivity index (χ1n) is 10.5. The second-order valence-corrected chi connectivity index (χ2v) is 7.88. The van der Waals surface area contributed by atoms with Crippen molar-refractivity contribution in [1.29, 1.82) is 0 Å². The third-order valence-electron chi connectivity index (χ3n) is 5.04. The van der Waals surface area contributed by atoms with Crippen LogP contribution in [0.1, 0.15) is 10.4 Å². The molecule has 0 unspecified atom stereocenters. The van der Waals surface area contributed by atoms with Gasteiger partial charge >= 0.3 is 12.1 Å². The number of benzene rings is 1. The molecule has 13 heteroatoms. The van der Waals surface area contributed by atoms with Crippen molar-refractivity contribution in [3.05, 3.63) is 77.5 Å². The SMILES string of the molecule is O=C(Nc1ccc(F)cc1)c1cnc(N2CCN(c3ccncc3)CC2)c(Cl)c1.O=C(O)C(F)(F)F. The van der Waals surface area contributed by atoms with E-state index in [1.807, 2.05) is 12.1 Å². The van der Waals surface area contributed by atoms with E-state index in [-0.39, 0.29) is 11.7 Å². The number of amides is 1. The van der Waals surface area contributed by atoms with Gasteiger partial charge in [0, 0.05) is 56.1 Å². The summed E-state index contributed by atoms with van der Waals surface area (Å²) < 4.78 is 44.7. The van der Waals surface area contributed by atoms with Crippen molar-refractivity contribution in [1.82, 2.24) is 9.97 Å². The molecular formula is C23H20ClF4N5O3. The Hall–Kier alpha value is -3.93. The van der Waals surface area contributed by atoms with Crippen LogP contribution in [0.3, 0.4) is 0 Å². The maximum atomic E-state index is 13.0. The molecule has 2 aromatic heterocycles. The van der Waals surface area contributed by atoms with Gasteiger partial charge in [0.1, 0.15) is 11.6 Å². The molecule has 0 aliphatic carbocycles. The van der Waals surface area contributed by atoms with E-state index in [1.54, 1.807) is 18.5 Å². The highest BCUT2D eigenvalue weighted by Gasteiger charge is 2.38. The maximum Gasteiger partial charge on any atom is 0.490 e. The van der Waals surface area contributed by atoms with Gasteiger partial charge in [0.05, 0.1) is 10.6 Å². The number of halogens is 5. The number of carboxylic acids is 1. The molecule has 1 saturated heterocycles. The van der Waals surface area contributed by atoms with E-state index >= 15 is 0 Å². The number of piperazine rings is 1. The molecule has 190 valence electrons. The van der Waals surface area contributed by atoms with E-state index in [9.17, 15) is 22.4 Å². The smallest absolute Gasteiger partial charge is 0.475 e. The molecule has 0 radical (unpaired) electrons. The predicted octanol–water partition coefficient (Wildman–Crippen LogP) is 4.48. The summed E-state index contributed by atoms with van der Waals surface area (Å²) in [5.74, 6) is -2.80. The Balaban J connectivity index is 0.000000454. The maximum absolute atomic E-state index is 13.0. The zero-order valence-corrected chi connectivity index (χ0v) is 19.3. The molecule has 1 aromatic carbocycles. The summed E-state index contributed by atoms with van der Waals surface area (Å²) in [5.41, 5.74) is 1.99. The van der Waals surface area contributed by atoms with Crippen molar-refractivity contribution in [2.75, 3.05) is 41.3 Å². The third kappa shape index (κ3) is 7.28. The molecule has 0 bridgehead atoms. The number of hydrogen-bond acceptors (Lipinski definition) is 6. The monoisotopic (exact) mass is 525 g/mol. The number of aromatic nitrogens is 2. The molecule has 4 rings (SSSR count). The van der Waals surface area contributed by atoms with Gasteiger partial charge in [-0.2, -0.15) is 13.2 Å². The zero-order chi connectivity index (χ0) is 26.3. The topological polar surface area (TPSA) is 98.7 Å². The minimum atomic E-state index is -5.08. The van der Waals surface area contributed by atoms with Crippen molar-refractivity contribution < 1.29 is 32.3 Å². The van der Waals surface area contributed by atoms with E-state index in [1.165, 1.54) is 30.5 Å². The van der Waals surface area contributed by atoms with Crippen LogP contribution in [0.4, 0.5) is 34.8 Å². The molecule has 1 fully saturated rings. The average Bonchev–Trinajstić information content (AvgIpc) is 2.86. The van der Waals surface area contributed by atoms with E-state index in [0.29, 0.717) is 22.1 Å². The van der Waals surface area contributed by atoms with Crippen LogP contribution >= 0.6 is 11.6 Å². The first-order chi connectivity index (χ1) is 17.0. The molecule has 0 atom stereocenters. The summed E-state index contributed by atoms with van der Waals surface area (Å²) in [6.07, 6.45) is 0.000987. The lowest BCUT2D eigenvalue weighted by atomic mass is 10.2. The van der Waals surface area contributed by atoms with Gasteiger partial charge in [-0.05, 0) is 42.5 Å². The lowest BCUT2D eigenvalue weighted by Gasteiger charge is -2.37. The van der Waals surface area contributed by atoms with E-state index < -0.39 is 12.1 Å². The Bertz CT molecular complexity index is 1190. The molecule has 1 amide bonds. The van der Waals surface area contributed by atoms with Gasteiger partial charge in [-0.1, -0.05) is 11.6 Å². The van der Waals surface area contributed by atoms with E-state index in [4.69, 9.17) is 21.5 Å². The van der Waals surface area contributed by atoms with Crippen LogP contribution in [0.25, 0.3) is 0 Å². The molecule has 2 N–H and O–H groups in total. The van der Waals surface area contributed by atoms with Gasteiger partial charge in [-0.15, -0.1) is 0 Å². The number of nitrogens with one attached hydrogen (secondary N) is 1. The van der Waals surface area contributed by atoms with E-state index in [2.05, 4.69) is 25.1 Å². The Kier molecular flexibility index (Phi) is 8.64. The van der Waals surface area contributed by atoms with Gasteiger partial charge in [-0.25, -0.2) is 14.2 Å². The minimum absolute atomic E-state index is 0.346. The van der Waals surface area contributed by atoms with Gasteiger partial charge in [0.15, 0.2) is 0 Å². The van der Waals surface area contributed by atoms with Gasteiger partial charge in [0.2, 0.25) is 0 Å². The Morgan fingerprint density at radius 1 is 0.972 bits per heavy atom. The van der Waals surface area contributed by atoms with Crippen LogP contribution in [0.5, 0.6) is 0 Å². The molecule has 1 aliphatic heterocycles. The second-order valence-electron chi connectivity index (χ2n) is 7.47. The summed E-state index contributed by atoms with van der Waals surface area (Å²) in [7, 11) is 0. The van der Waals surface area contributed by atoms with Gasteiger partial charge in [0.25, 0.3) is 5.91 Å². The van der Waals surface area contributed by atoms with Crippen molar-refractivity contribution in [2.24, 2.45) is 0 Å². The Morgan fingerprint density at radius 2 is 1.53 bits per heavy atom. The number of anilines is 3. The zero-order valence-electron chi connectivity index (χ0n) is 18.5. The summed E-state index contributed by atoms with van der Waals surface area (Å²) >= 11 is 6.43. The summed E-state index contributed by atoms with van der Waals surface area (Å²) in [5, 5.41) is 10.3. The highest BCUT2D eigenvalue weighted by molar-refractivity contribution is 6.33. The molecular weight excluding hydrogens is 506 g/mol. The highest BCUT2D eigenvalue weighted by Crippen LogP contribution is 2.26. The largest absolute Gasteiger partial charge is 0.490 e. The van der Waals surface area contributed by atoms with Crippen molar-refractivity contribution >= 4 is 40.7 Å². The van der Waals surface area contributed by atoms with Crippen molar-refractivity contribution in [3.63, 3.8) is 0 Å². The first kappa shape index (κ1) is 26.7. The second kappa shape index (κ2) is 11.7. The third-order valence-corrected chi connectivity index (χ3v) is 5.31. The molecule has 36 heavy (non-hydrogen) atoms. The summed E-state index contributed by atoms with van der Waals surface area (Å²) in [6, 6.07) is 11.2. The Morgan fingerprint density at radius 3 is 2.06 bits per heavy atom. The summed E-state index contributed by atoms with van der Waals surface area (Å²) in [4.78, 5) is 34.2. The highest BCUT2D eigenvalue weighted by atomic mass is 35.5. The number of hydrogen-bond donors (Lipinski definition) is 2. The average molecular weight is 526 g/mol. The number of carbonyl (C=O) groups excluding carboxylic acids is 1. The number of nitrogens with zero attached hydrogens (tertiary/aromatic N) is 4. The molecule has 0 saturated carbocycles. The molecule has 3 heterocycles. The predicted molar refractivity (Wildman–Crippen MR) is 126 cm³/mol. The first-order valence-corrected chi connectivity index (χ1v) is 10.8. The Labute approximate surface area is 208 Å². The quantitative estimate of drug-likeness (QED) is 0.485. The standard InChI is InChI=1S/C21H19ClFN5O.C2HF3O2/c22-19-13-15(21(29)26-17-3-1-16(23)2-4-17)14-25-20(19)28-11-9-27(10-12-28)18-5-7-24-8-6-18;3-2(4,5)1(6)7/h1-8,13-14H,9-12H2,(H,26,29);(H,6,7). The molecule has 3 aromatic rings. The van der Waals surface area contributed by atoms with Crippen LogP contribution < -0.4 is 15.1 Å². The van der Waals surface area contributed by atoms with Crippen LogP contribution in [0, 0.1) is 5.82 Å². The fourth-order valence-corrected chi connectivity index (χ4v) is 3.54. The number of aliphatic carboxylic acids is 1. The normalized spacial score (nSPS) is 13.5. The minimum Gasteiger partial charge on any atom is -0.475 e. The van der Waals surface area contributed by atoms with Gasteiger partial charge < -0.3 is 20.2 Å². The van der Waals surface area contributed by atoms with Crippen LogP contribution in [-0.2, 0) is 4.79 Å². The fourth-order valence-electron chi connectivity index (χ4n) is 3.26. The number of carbonyl (C=O) groups is 2. The summed E-state index contributed by atoms with van der Waals surface area (Å²) in [6.45, 7) is 3.23. The fraction of sp³-hybridized carbons (Fsp3) is 0.217. The lowest BCUT2D eigenvalue weighted by molar-refractivity contribution is -0.192.